The van der Waals surface area contributed by atoms with Crippen molar-refractivity contribution < 1.29 is 23.1 Å². The largest absolute Gasteiger partial charge is 0.494 e. The lowest BCUT2D eigenvalue weighted by Crippen LogP contribution is -2.54. The van der Waals surface area contributed by atoms with Crippen LogP contribution in [0, 0.1) is 18.6 Å². The zero-order valence-electron chi connectivity index (χ0n) is 23.4. The molecule has 4 aromatic rings. The van der Waals surface area contributed by atoms with Gasteiger partial charge < -0.3 is 25.2 Å². The summed E-state index contributed by atoms with van der Waals surface area (Å²) in [5.74, 6) is -1.82. The zero-order valence-corrected chi connectivity index (χ0v) is 23.4. The summed E-state index contributed by atoms with van der Waals surface area (Å²) < 4.78 is 35.7. The number of aromatic nitrogens is 3. The number of anilines is 2. The summed E-state index contributed by atoms with van der Waals surface area (Å²) in [4.78, 5) is 38.5. The average molecular weight is 576 g/mol. The quantitative estimate of drug-likeness (QED) is 0.361. The Morgan fingerprint density at radius 2 is 1.83 bits per heavy atom. The van der Waals surface area contributed by atoms with Gasteiger partial charge in [0.05, 0.1) is 25.0 Å². The number of imidazole rings is 1. The van der Waals surface area contributed by atoms with E-state index < -0.39 is 11.6 Å². The van der Waals surface area contributed by atoms with Gasteiger partial charge in [0.1, 0.15) is 0 Å². The van der Waals surface area contributed by atoms with Gasteiger partial charge in [0.25, 0.3) is 5.91 Å². The maximum atomic E-state index is 14.8. The maximum Gasteiger partial charge on any atom is 0.254 e. The second-order valence-electron chi connectivity index (χ2n) is 10.5. The predicted octanol–water partition coefficient (Wildman–Crippen LogP) is 3.77. The van der Waals surface area contributed by atoms with Crippen molar-refractivity contribution in [2.45, 2.75) is 25.8 Å². The van der Waals surface area contributed by atoms with Crippen LogP contribution in [0.1, 0.15) is 28.8 Å². The summed E-state index contributed by atoms with van der Waals surface area (Å²) in [6.45, 7) is 4.77. The lowest BCUT2D eigenvalue weighted by molar-refractivity contribution is -0.134. The predicted molar refractivity (Wildman–Crippen MR) is 153 cm³/mol. The number of nitrogens with zero attached hydrogens (tertiary/aromatic N) is 5. The Kier molecular flexibility index (Phi) is 7.46. The number of carbonyl (C=O) groups is 2. The highest BCUT2D eigenvalue weighted by atomic mass is 19.2. The van der Waals surface area contributed by atoms with Crippen molar-refractivity contribution in [3.63, 3.8) is 0 Å². The molecule has 0 aliphatic carbocycles. The van der Waals surface area contributed by atoms with E-state index in [1.807, 2.05) is 17.9 Å². The van der Waals surface area contributed by atoms with Gasteiger partial charge in [-0.25, -0.2) is 14.4 Å². The molecule has 2 amide bonds. The highest BCUT2D eigenvalue weighted by Gasteiger charge is 2.31. The Morgan fingerprint density at radius 1 is 1.05 bits per heavy atom. The second-order valence-corrected chi connectivity index (χ2v) is 10.5. The van der Waals surface area contributed by atoms with Crippen LogP contribution in [-0.2, 0) is 4.79 Å². The Morgan fingerprint density at radius 3 is 2.55 bits per heavy atom. The van der Waals surface area contributed by atoms with E-state index in [4.69, 9.17) is 4.74 Å². The Balaban J connectivity index is 1.16. The maximum absolute atomic E-state index is 14.8. The second kappa shape index (κ2) is 11.4. The Bertz CT molecular complexity index is 1660. The highest BCUT2D eigenvalue weighted by Crippen LogP contribution is 2.31. The third-order valence-corrected chi connectivity index (χ3v) is 7.93. The zero-order chi connectivity index (χ0) is 29.4. The van der Waals surface area contributed by atoms with E-state index in [0.717, 1.165) is 24.9 Å². The number of amides is 2. The fourth-order valence-corrected chi connectivity index (χ4v) is 5.63. The first-order valence-corrected chi connectivity index (χ1v) is 13.9. The molecule has 1 atom stereocenters. The van der Waals surface area contributed by atoms with Gasteiger partial charge in [-0.2, -0.15) is 4.39 Å². The summed E-state index contributed by atoms with van der Waals surface area (Å²) >= 11 is 0. The van der Waals surface area contributed by atoms with Crippen molar-refractivity contribution in [2.24, 2.45) is 0 Å². The molecule has 2 saturated heterocycles. The van der Waals surface area contributed by atoms with Gasteiger partial charge in [-0.3, -0.25) is 14.0 Å². The molecule has 0 bridgehead atoms. The van der Waals surface area contributed by atoms with Gasteiger partial charge in [-0.15, -0.1) is 0 Å². The van der Waals surface area contributed by atoms with Crippen LogP contribution in [0.5, 0.6) is 5.75 Å². The molecule has 42 heavy (non-hydrogen) atoms. The van der Waals surface area contributed by atoms with Crippen LogP contribution >= 0.6 is 0 Å². The van der Waals surface area contributed by atoms with E-state index in [1.165, 1.54) is 31.6 Å². The van der Waals surface area contributed by atoms with Crippen molar-refractivity contribution in [2.75, 3.05) is 45.2 Å². The first-order chi connectivity index (χ1) is 20.4. The number of halogens is 2. The smallest absolute Gasteiger partial charge is 0.254 e. The molecule has 12 heteroatoms. The van der Waals surface area contributed by atoms with Gasteiger partial charge in [0, 0.05) is 55.4 Å². The summed E-state index contributed by atoms with van der Waals surface area (Å²) in [6.07, 6.45) is 6.49. The lowest BCUT2D eigenvalue weighted by Gasteiger charge is -2.36. The van der Waals surface area contributed by atoms with Crippen LogP contribution in [-0.4, -0.2) is 81.9 Å². The molecule has 6 rings (SSSR count). The fourth-order valence-electron chi connectivity index (χ4n) is 5.63. The molecule has 2 aliphatic heterocycles. The normalized spacial score (nSPS) is 17.1. The molecule has 1 unspecified atom stereocenters. The first kappa shape index (κ1) is 27.6. The Hall–Kier alpha value is -4.58. The molecule has 218 valence electrons. The van der Waals surface area contributed by atoms with Crippen LogP contribution in [0.3, 0.4) is 0 Å². The summed E-state index contributed by atoms with van der Waals surface area (Å²) in [5, 5.41) is 6.48. The number of carbonyl (C=O) groups excluding carboxylic acids is 2. The van der Waals surface area contributed by atoms with E-state index in [9.17, 15) is 18.4 Å². The number of methoxy groups -OCH3 is 1. The number of rotatable bonds is 6. The topological polar surface area (TPSA) is 104 Å². The number of aryl methyl sites for hydroxylation is 1. The molecule has 0 radical (unpaired) electrons. The number of benzene rings is 2. The summed E-state index contributed by atoms with van der Waals surface area (Å²) in [5.41, 5.74) is 2.87. The molecule has 2 aliphatic rings. The summed E-state index contributed by atoms with van der Waals surface area (Å²) in [7, 11) is 1.28. The van der Waals surface area contributed by atoms with Crippen LogP contribution in [0.4, 0.5) is 20.3 Å². The molecule has 2 N–H and O–H groups in total. The average Bonchev–Trinajstić information content (AvgIpc) is 3.70. The number of piperazine rings is 1. The molecule has 2 fully saturated rings. The van der Waals surface area contributed by atoms with E-state index in [1.54, 1.807) is 27.6 Å². The molecular formula is C30H31F2N7O3. The minimum atomic E-state index is -1.07. The van der Waals surface area contributed by atoms with E-state index >= 15 is 0 Å². The highest BCUT2D eigenvalue weighted by molar-refractivity contribution is 5.96. The van der Waals surface area contributed by atoms with Crippen LogP contribution < -0.4 is 15.4 Å². The number of nitrogens with one attached hydrogen (secondary N) is 2. The van der Waals surface area contributed by atoms with Gasteiger partial charge in [0.15, 0.2) is 23.0 Å². The van der Waals surface area contributed by atoms with Crippen LogP contribution in [0.25, 0.3) is 16.9 Å². The van der Waals surface area contributed by atoms with Crippen molar-refractivity contribution >= 4 is 29.0 Å². The molecule has 0 saturated carbocycles. The van der Waals surface area contributed by atoms with Crippen molar-refractivity contribution in [1.29, 1.82) is 0 Å². The monoisotopic (exact) mass is 575 g/mol. The molecule has 10 nitrogen and oxygen atoms in total. The third kappa shape index (κ3) is 5.02. The molecular weight excluding hydrogens is 544 g/mol. The van der Waals surface area contributed by atoms with Crippen molar-refractivity contribution in [1.82, 2.24) is 29.5 Å². The SMILES string of the molecule is COc1ccc(-c2cnc3c(Nc4ccc(C(=O)N5CCN(C(=O)C6CCCN6)CC5)c(C)c4)nccn23)c(F)c1F. The van der Waals surface area contributed by atoms with Crippen molar-refractivity contribution in [3.05, 3.63) is 71.7 Å². The number of hydrogen-bond donors (Lipinski definition) is 2. The fraction of sp³-hybridized carbons (Fsp3) is 0.333. The molecule has 4 heterocycles. The van der Waals surface area contributed by atoms with Gasteiger partial charge >= 0.3 is 0 Å². The lowest BCUT2D eigenvalue weighted by atomic mass is 10.1. The van der Waals surface area contributed by atoms with Crippen LogP contribution in [0.15, 0.2) is 48.9 Å². The molecule has 2 aromatic carbocycles. The van der Waals surface area contributed by atoms with E-state index in [0.29, 0.717) is 54.6 Å². The van der Waals surface area contributed by atoms with Gasteiger partial charge in [-0.05, 0) is 62.2 Å². The number of ether oxygens (including phenoxy) is 1. The van der Waals surface area contributed by atoms with Crippen molar-refractivity contribution in [3.8, 4) is 17.0 Å². The molecule has 2 aromatic heterocycles. The third-order valence-electron chi connectivity index (χ3n) is 7.93. The summed E-state index contributed by atoms with van der Waals surface area (Å²) in [6, 6.07) is 8.12. The standard InChI is InChI=1S/C30H31F2N7O3/c1-18-16-19(5-6-20(18)29(40)37-12-14-38(15-13-37)30(41)22-4-3-9-33-22)36-27-28-35-17-23(39(28)11-10-34-27)21-7-8-24(42-2)26(32)25(21)31/h5-8,10-11,16-17,22,33H,3-4,9,12-15H2,1-2H3,(H,34,36). The van der Waals surface area contributed by atoms with E-state index in [2.05, 4.69) is 20.6 Å². The number of hydrogen-bond acceptors (Lipinski definition) is 7. The molecule has 0 spiro atoms. The number of fused-ring (bicyclic) bond motifs is 1. The van der Waals surface area contributed by atoms with Gasteiger partial charge in [-0.1, -0.05) is 0 Å². The van der Waals surface area contributed by atoms with Gasteiger partial charge in [0.2, 0.25) is 11.7 Å². The van der Waals surface area contributed by atoms with Crippen LogP contribution in [0.2, 0.25) is 0 Å². The minimum absolute atomic E-state index is 0.0389. The first-order valence-electron chi connectivity index (χ1n) is 13.9. The minimum Gasteiger partial charge on any atom is -0.494 e. The Labute approximate surface area is 241 Å². The van der Waals surface area contributed by atoms with E-state index in [-0.39, 0.29) is 29.2 Å².